The number of anilines is 1. The highest BCUT2D eigenvalue weighted by Crippen LogP contribution is 2.31. The van der Waals surface area contributed by atoms with E-state index in [0.29, 0.717) is 42.3 Å². The van der Waals surface area contributed by atoms with E-state index in [1.165, 1.54) is 10.4 Å². The number of amides is 1. The molecule has 2 aromatic rings. The van der Waals surface area contributed by atoms with E-state index in [-0.39, 0.29) is 41.6 Å². The Balaban J connectivity index is 1.72. The molecule has 10 nitrogen and oxygen atoms in total. The molecule has 1 fully saturated rings. The lowest BCUT2D eigenvalue weighted by Crippen LogP contribution is -2.41. The number of aryl methyl sites for hydroxylation is 1. The fourth-order valence-corrected chi connectivity index (χ4v) is 5.78. The molecule has 4 rings (SSSR count). The highest BCUT2D eigenvalue weighted by molar-refractivity contribution is 7.89. The van der Waals surface area contributed by atoms with Crippen LogP contribution in [0.1, 0.15) is 36.2 Å². The van der Waals surface area contributed by atoms with Crippen LogP contribution in [0.5, 0.6) is 0 Å². The molecule has 0 atom stereocenters. The number of benzene rings is 2. The second kappa shape index (κ2) is 11.2. The van der Waals surface area contributed by atoms with Gasteiger partial charge in [0.25, 0.3) is 5.91 Å². The standard InChI is InChI=1S/C26H30N4O6S/c1-4-19-23(26(32)36-5-2)24(28-21-9-7-6-8-20(21)27-19)29-25(31)18-11-10-17(3)22(16-18)37(33,34)30-12-14-35-15-13-30/h6-11,16,27H,4-5,12-15H2,1-3H3,(H,28,29,31). The summed E-state index contributed by atoms with van der Waals surface area (Å²) in [5, 5.41) is 5.96. The van der Waals surface area contributed by atoms with Crippen LogP contribution in [0.25, 0.3) is 0 Å². The molecule has 2 aliphatic rings. The maximum absolute atomic E-state index is 13.4. The van der Waals surface area contributed by atoms with Crippen LogP contribution in [0.15, 0.2) is 63.6 Å². The Morgan fingerprint density at radius 1 is 1.14 bits per heavy atom. The number of ether oxygens (including phenoxy) is 2. The monoisotopic (exact) mass is 526 g/mol. The summed E-state index contributed by atoms with van der Waals surface area (Å²) in [6, 6.07) is 11.7. The summed E-state index contributed by atoms with van der Waals surface area (Å²) >= 11 is 0. The van der Waals surface area contributed by atoms with Gasteiger partial charge in [0.05, 0.1) is 36.1 Å². The average molecular weight is 527 g/mol. The molecule has 0 aromatic heterocycles. The van der Waals surface area contributed by atoms with Crippen LogP contribution >= 0.6 is 0 Å². The molecular formula is C26H30N4O6S. The maximum Gasteiger partial charge on any atom is 0.343 e. The molecule has 2 aliphatic heterocycles. The number of allylic oxidation sites excluding steroid dienone is 1. The lowest BCUT2D eigenvalue weighted by Gasteiger charge is -2.26. The molecule has 1 amide bonds. The lowest BCUT2D eigenvalue weighted by molar-refractivity contribution is -0.137. The van der Waals surface area contributed by atoms with Crippen LogP contribution in [0.4, 0.5) is 11.4 Å². The second-order valence-electron chi connectivity index (χ2n) is 8.48. The number of aliphatic imine (C=N–C) groups is 1. The van der Waals surface area contributed by atoms with Crippen molar-refractivity contribution < 1.29 is 27.5 Å². The minimum atomic E-state index is -3.82. The minimum absolute atomic E-state index is 0.0240. The number of esters is 1. The number of carbonyl (C=O) groups is 2. The van der Waals surface area contributed by atoms with Gasteiger partial charge in [0.15, 0.2) is 0 Å². The molecule has 0 radical (unpaired) electrons. The topological polar surface area (TPSA) is 126 Å². The quantitative estimate of drug-likeness (QED) is 0.554. The molecule has 1 saturated heterocycles. The first-order valence-electron chi connectivity index (χ1n) is 12.1. The first-order chi connectivity index (χ1) is 17.8. The summed E-state index contributed by atoms with van der Waals surface area (Å²) in [6.45, 7) is 6.52. The molecule has 0 spiro atoms. The van der Waals surface area contributed by atoms with Gasteiger partial charge >= 0.3 is 5.97 Å². The summed E-state index contributed by atoms with van der Waals surface area (Å²) in [5.41, 5.74) is 2.51. The Bertz CT molecular complexity index is 1380. The normalized spacial score (nSPS) is 16.2. The summed E-state index contributed by atoms with van der Waals surface area (Å²) in [6.07, 6.45) is 0.448. The molecule has 11 heteroatoms. The zero-order valence-electron chi connectivity index (χ0n) is 21.0. The van der Waals surface area contributed by atoms with Gasteiger partial charge < -0.3 is 20.1 Å². The van der Waals surface area contributed by atoms with Gasteiger partial charge in [-0.3, -0.25) is 4.79 Å². The number of carbonyl (C=O) groups excluding carboxylic acids is 2. The number of rotatable bonds is 6. The Kier molecular flexibility index (Phi) is 8.06. The smallest absolute Gasteiger partial charge is 0.343 e. The largest absolute Gasteiger partial charge is 0.462 e. The van der Waals surface area contributed by atoms with Gasteiger partial charge in [-0.25, -0.2) is 18.2 Å². The SMILES string of the molecule is CCOC(=O)C1=C(CC)Nc2ccccc2N=C1NC(=O)c1ccc(C)c(S(=O)(=O)N2CCOCC2)c1. The first kappa shape index (κ1) is 26.5. The van der Waals surface area contributed by atoms with Crippen molar-refractivity contribution in [3.05, 3.63) is 64.9 Å². The van der Waals surface area contributed by atoms with Gasteiger partial charge in [0.1, 0.15) is 11.4 Å². The highest BCUT2D eigenvalue weighted by Gasteiger charge is 2.30. The van der Waals surface area contributed by atoms with E-state index in [9.17, 15) is 18.0 Å². The third-order valence-electron chi connectivity index (χ3n) is 6.06. The van der Waals surface area contributed by atoms with Crippen molar-refractivity contribution in [2.45, 2.75) is 32.1 Å². The van der Waals surface area contributed by atoms with E-state index in [2.05, 4.69) is 15.6 Å². The van der Waals surface area contributed by atoms with Gasteiger partial charge in [0, 0.05) is 24.4 Å². The fraction of sp³-hybridized carbons (Fsp3) is 0.346. The van der Waals surface area contributed by atoms with E-state index in [1.54, 1.807) is 38.1 Å². The van der Waals surface area contributed by atoms with Gasteiger partial charge in [-0.05, 0) is 50.1 Å². The molecule has 0 bridgehead atoms. The summed E-state index contributed by atoms with van der Waals surface area (Å²) in [5.74, 6) is -1.21. The molecule has 37 heavy (non-hydrogen) atoms. The molecule has 0 unspecified atom stereocenters. The Labute approximate surface area is 216 Å². The third kappa shape index (κ3) is 5.58. The van der Waals surface area contributed by atoms with E-state index in [1.807, 2.05) is 19.1 Å². The number of para-hydroxylation sites is 2. The van der Waals surface area contributed by atoms with Crippen LogP contribution in [0.3, 0.4) is 0 Å². The van der Waals surface area contributed by atoms with Gasteiger partial charge in [-0.2, -0.15) is 4.31 Å². The van der Waals surface area contributed by atoms with E-state index >= 15 is 0 Å². The van der Waals surface area contributed by atoms with Gasteiger partial charge in [-0.1, -0.05) is 25.1 Å². The lowest BCUT2D eigenvalue weighted by atomic mass is 10.1. The number of sulfonamides is 1. The van der Waals surface area contributed by atoms with Crippen LogP contribution in [0.2, 0.25) is 0 Å². The van der Waals surface area contributed by atoms with Crippen molar-refractivity contribution in [1.82, 2.24) is 9.62 Å². The predicted molar refractivity (Wildman–Crippen MR) is 139 cm³/mol. The number of morpholine rings is 1. The Morgan fingerprint density at radius 2 is 1.86 bits per heavy atom. The molecule has 196 valence electrons. The average Bonchev–Trinajstić information content (AvgIpc) is 3.05. The number of hydrogen-bond acceptors (Lipinski definition) is 8. The van der Waals surface area contributed by atoms with Gasteiger partial charge in [0.2, 0.25) is 10.0 Å². The van der Waals surface area contributed by atoms with Gasteiger partial charge in [-0.15, -0.1) is 0 Å². The molecule has 2 heterocycles. The first-order valence-corrected chi connectivity index (χ1v) is 13.6. The van der Waals surface area contributed by atoms with E-state index < -0.39 is 21.9 Å². The fourth-order valence-electron chi connectivity index (χ4n) is 4.12. The molecule has 0 saturated carbocycles. The van der Waals surface area contributed by atoms with Crippen LogP contribution in [-0.4, -0.2) is 63.3 Å². The maximum atomic E-state index is 13.4. The second-order valence-corrected chi connectivity index (χ2v) is 10.4. The summed E-state index contributed by atoms with van der Waals surface area (Å²) in [4.78, 5) is 31.0. The molecule has 0 aliphatic carbocycles. The summed E-state index contributed by atoms with van der Waals surface area (Å²) < 4.78 is 38.5. The zero-order valence-corrected chi connectivity index (χ0v) is 21.9. The minimum Gasteiger partial charge on any atom is -0.462 e. The number of fused-ring (bicyclic) bond motifs is 1. The Morgan fingerprint density at radius 3 is 2.57 bits per heavy atom. The van der Waals surface area contributed by atoms with Crippen molar-refractivity contribution in [1.29, 1.82) is 0 Å². The van der Waals surface area contributed by atoms with E-state index in [4.69, 9.17) is 9.47 Å². The highest BCUT2D eigenvalue weighted by atomic mass is 32.2. The zero-order chi connectivity index (χ0) is 26.6. The van der Waals surface area contributed by atoms with Crippen molar-refractivity contribution in [2.24, 2.45) is 4.99 Å². The van der Waals surface area contributed by atoms with Crippen LogP contribution in [-0.2, 0) is 24.3 Å². The third-order valence-corrected chi connectivity index (χ3v) is 8.10. The van der Waals surface area contributed by atoms with Crippen LogP contribution < -0.4 is 10.6 Å². The molecule has 2 aromatic carbocycles. The van der Waals surface area contributed by atoms with Crippen molar-refractivity contribution in [3.63, 3.8) is 0 Å². The number of nitrogens with one attached hydrogen (secondary N) is 2. The number of nitrogens with zero attached hydrogens (tertiary/aromatic N) is 2. The number of hydrogen-bond donors (Lipinski definition) is 2. The molecular weight excluding hydrogens is 496 g/mol. The van der Waals surface area contributed by atoms with Crippen molar-refractivity contribution in [2.75, 3.05) is 38.2 Å². The molecule has 2 N–H and O–H groups in total. The predicted octanol–water partition coefficient (Wildman–Crippen LogP) is 3.13. The Hall–Kier alpha value is -3.54. The van der Waals surface area contributed by atoms with Crippen molar-refractivity contribution >= 4 is 39.1 Å². The summed E-state index contributed by atoms with van der Waals surface area (Å²) in [7, 11) is -3.82. The van der Waals surface area contributed by atoms with Crippen molar-refractivity contribution in [3.8, 4) is 0 Å². The number of amidine groups is 1. The van der Waals surface area contributed by atoms with E-state index in [0.717, 1.165) is 0 Å². The van der Waals surface area contributed by atoms with Crippen LogP contribution in [0, 0.1) is 6.92 Å².